The molecule has 5 heteroatoms. The SMILES string of the molecule is CCCCCCn1nnc(CO)c1CCOC. The Morgan fingerprint density at radius 1 is 1.29 bits per heavy atom. The topological polar surface area (TPSA) is 60.2 Å². The maximum Gasteiger partial charge on any atom is 0.111 e. The van der Waals surface area contributed by atoms with Crippen LogP contribution in [-0.4, -0.2) is 33.8 Å². The summed E-state index contributed by atoms with van der Waals surface area (Å²) in [7, 11) is 1.67. The van der Waals surface area contributed by atoms with Gasteiger partial charge >= 0.3 is 0 Å². The molecule has 0 saturated carbocycles. The number of nitrogens with zero attached hydrogens (tertiary/aromatic N) is 3. The molecule has 0 aliphatic heterocycles. The lowest BCUT2D eigenvalue weighted by molar-refractivity contribution is 0.199. The summed E-state index contributed by atoms with van der Waals surface area (Å²) in [5, 5.41) is 17.3. The zero-order valence-corrected chi connectivity index (χ0v) is 10.9. The molecule has 0 aromatic carbocycles. The van der Waals surface area contributed by atoms with Crippen molar-refractivity contribution in [3.63, 3.8) is 0 Å². The fraction of sp³-hybridized carbons (Fsp3) is 0.833. The van der Waals surface area contributed by atoms with E-state index in [0.29, 0.717) is 12.3 Å². The monoisotopic (exact) mass is 241 g/mol. The van der Waals surface area contributed by atoms with Crippen molar-refractivity contribution in [2.24, 2.45) is 0 Å². The first-order chi connectivity index (χ1) is 8.33. The third-order valence-corrected chi connectivity index (χ3v) is 2.83. The van der Waals surface area contributed by atoms with Crippen molar-refractivity contribution in [2.45, 2.75) is 52.2 Å². The molecule has 1 aromatic rings. The molecule has 0 spiro atoms. The Labute approximate surface area is 103 Å². The van der Waals surface area contributed by atoms with E-state index in [1.165, 1.54) is 19.3 Å². The number of ether oxygens (including phenoxy) is 1. The number of hydrogen-bond donors (Lipinski definition) is 1. The van der Waals surface area contributed by atoms with Gasteiger partial charge in [-0.3, -0.25) is 0 Å². The second-order valence-corrected chi connectivity index (χ2v) is 4.17. The first kappa shape index (κ1) is 14.1. The van der Waals surface area contributed by atoms with Crippen LogP contribution in [0.4, 0.5) is 0 Å². The lowest BCUT2D eigenvalue weighted by atomic mass is 10.2. The van der Waals surface area contributed by atoms with E-state index in [9.17, 15) is 5.11 Å². The van der Waals surface area contributed by atoms with E-state index in [1.807, 2.05) is 4.68 Å². The van der Waals surface area contributed by atoms with Gasteiger partial charge in [0.25, 0.3) is 0 Å². The second-order valence-electron chi connectivity index (χ2n) is 4.17. The van der Waals surface area contributed by atoms with E-state index >= 15 is 0 Å². The first-order valence-corrected chi connectivity index (χ1v) is 6.34. The van der Waals surface area contributed by atoms with E-state index in [4.69, 9.17) is 4.74 Å². The number of methoxy groups -OCH3 is 1. The smallest absolute Gasteiger partial charge is 0.111 e. The molecule has 1 rings (SSSR count). The van der Waals surface area contributed by atoms with Gasteiger partial charge in [-0.1, -0.05) is 31.4 Å². The molecule has 1 aromatic heterocycles. The fourth-order valence-corrected chi connectivity index (χ4v) is 1.83. The number of aryl methyl sites for hydroxylation is 1. The van der Waals surface area contributed by atoms with Crippen LogP contribution in [0.15, 0.2) is 0 Å². The van der Waals surface area contributed by atoms with E-state index in [1.54, 1.807) is 7.11 Å². The first-order valence-electron chi connectivity index (χ1n) is 6.34. The average Bonchev–Trinajstić information content (AvgIpc) is 2.74. The molecule has 0 aliphatic carbocycles. The number of hydrogen-bond acceptors (Lipinski definition) is 4. The van der Waals surface area contributed by atoms with E-state index < -0.39 is 0 Å². The van der Waals surface area contributed by atoms with Crippen LogP contribution in [0.25, 0.3) is 0 Å². The van der Waals surface area contributed by atoms with Crippen LogP contribution < -0.4 is 0 Å². The van der Waals surface area contributed by atoms with Crippen molar-refractivity contribution in [2.75, 3.05) is 13.7 Å². The fourth-order valence-electron chi connectivity index (χ4n) is 1.83. The van der Waals surface area contributed by atoms with Gasteiger partial charge < -0.3 is 9.84 Å². The molecule has 0 aliphatic rings. The molecule has 0 saturated heterocycles. The van der Waals surface area contributed by atoms with E-state index in [-0.39, 0.29) is 6.61 Å². The van der Waals surface area contributed by atoms with Crippen molar-refractivity contribution in [1.82, 2.24) is 15.0 Å². The van der Waals surface area contributed by atoms with Crippen LogP contribution in [0.5, 0.6) is 0 Å². The predicted octanol–water partition coefficient (Wildman–Crippen LogP) is 1.54. The predicted molar refractivity (Wildman–Crippen MR) is 65.7 cm³/mol. The molecule has 0 atom stereocenters. The Bertz CT molecular complexity index is 313. The molecule has 98 valence electrons. The zero-order valence-electron chi connectivity index (χ0n) is 10.9. The van der Waals surface area contributed by atoms with Gasteiger partial charge in [-0.05, 0) is 6.42 Å². The molecular weight excluding hydrogens is 218 g/mol. The van der Waals surface area contributed by atoms with Gasteiger partial charge in [-0.25, -0.2) is 4.68 Å². The average molecular weight is 241 g/mol. The second kappa shape index (κ2) is 8.20. The van der Waals surface area contributed by atoms with Crippen LogP contribution >= 0.6 is 0 Å². The number of aliphatic hydroxyl groups excluding tert-OH is 1. The highest BCUT2D eigenvalue weighted by Gasteiger charge is 2.11. The van der Waals surface area contributed by atoms with E-state index in [2.05, 4.69) is 17.2 Å². The molecule has 0 bridgehead atoms. The summed E-state index contributed by atoms with van der Waals surface area (Å²) in [6.07, 6.45) is 5.58. The lowest BCUT2D eigenvalue weighted by Gasteiger charge is -2.06. The van der Waals surface area contributed by atoms with Gasteiger partial charge in [0.15, 0.2) is 0 Å². The largest absolute Gasteiger partial charge is 0.390 e. The minimum Gasteiger partial charge on any atom is -0.390 e. The Balaban J connectivity index is 2.53. The van der Waals surface area contributed by atoms with Crippen molar-refractivity contribution in [1.29, 1.82) is 0 Å². The minimum atomic E-state index is -0.0476. The summed E-state index contributed by atoms with van der Waals surface area (Å²) in [5.41, 5.74) is 1.68. The van der Waals surface area contributed by atoms with Crippen molar-refractivity contribution in [3.05, 3.63) is 11.4 Å². The summed E-state index contributed by atoms with van der Waals surface area (Å²) in [4.78, 5) is 0. The number of aliphatic hydroxyl groups is 1. The highest BCUT2D eigenvalue weighted by atomic mass is 16.5. The Kier molecular flexibility index (Phi) is 6.81. The summed E-state index contributed by atoms with van der Waals surface area (Å²) in [6, 6.07) is 0. The number of unbranched alkanes of at least 4 members (excludes halogenated alkanes) is 3. The quantitative estimate of drug-likeness (QED) is 0.666. The summed E-state index contributed by atoms with van der Waals surface area (Å²) < 4.78 is 6.97. The van der Waals surface area contributed by atoms with Crippen LogP contribution in [0, 0.1) is 0 Å². The van der Waals surface area contributed by atoms with Crippen LogP contribution in [0.2, 0.25) is 0 Å². The van der Waals surface area contributed by atoms with Crippen LogP contribution in [0.3, 0.4) is 0 Å². The molecule has 0 radical (unpaired) electrons. The van der Waals surface area contributed by atoms with Gasteiger partial charge in [0, 0.05) is 20.1 Å². The third kappa shape index (κ3) is 4.44. The summed E-state index contributed by atoms with van der Waals surface area (Å²) in [5.74, 6) is 0. The van der Waals surface area contributed by atoms with Gasteiger partial charge in [-0.2, -0.15) is 0 Å². The Hall–Kier alpha value is -0.940. The standard InChI is InChI=1S/C12H23N3O2/c1-3-4-5-6-8-15-12(7-9-17-2)11(10-16)13-14-15/h16H,3-10H2,1-2H3. The van der Waals surface area contributed by atoms with Crippen molar-refractivity contribution >= 4 is 0 Å². The summed E-state index contributed by atoms with van der Waals surface area (Å²) in [6.45, 7) is 3.67. The maximum atomic E-state index is 9.18. The molecule has 0 unspecified atom stereocenters. The molecule has 1 N–H and O–H groups in total. The van der Waals surface area contributed by atoms with Crippen molar-refractivity contribution < 1.29 is 9.84 Å². The molecule has 0 fully saturated rings. The molecular formula is C12H23N3O2. The van der Waals surface area contributed by atoms with Gasteiger partial charge in [0.1, 0.15) is 5.69 Å². The normalized spacial score (nSPS) is 11.0. The Morgan fingerprint density at radius 3 is 2.76 bits per heavy atom. The maximum absolute atomic E-state index is 9.18. The number of rotatable bonds is 9. The number of aromatic nitrogens is 3. The van der Waals surface area contributed by atoms with Crippen molar-refractivity contribution in [3.8, 4) is 0 Å². The van der Waals surface area contributed by atoms with Gasteiger partial charge in [-0.15, -0.1) is 5.10 Å². The zero-order chi connectivity index (χ0) is 12.5. The highest BCUT2D eigenvalue weighted by molar-refractivity contribution is 5.09. The Morgan fingerprint density at radius 2 is 2.12 bits per heavy atom. The van der Waals surface area contributed by atoms with Gasteiger partial charge in [0.2, 0.25) is 0 Å². The molecule has 5 nitrogen and oxygen atoms in total. The minimum absolute atomic E-state index is 0.0476. The van der Waals surface area contributed by atoms with Gasteiger partial charge in [0.05, 0.1) is 18.9 Å². The van der Waals surface area contributed by atoms with E-state index in [0.717, 1.165) is 25.1 Å². The third-order valence-electron chi connectivity index (χ3n) is 2.83. The summed E-state index contributed by atoms with van der Waals surface area (Å²) >= 11 is 0. The lowest BCUT2D eigenvalue weighted by Crippen LogP contribution is -2.09. The van der Waals surface area contributed by atoms with Crippen LogP contribution in [0.1, 0.15) is 44.0 Å². The molecule has 17 heavy (non-hydrogen) atoms. The molecule has 0 amide bonds. The highest BCUT2D eigenvalue weighted by Crippen LogP contribution is 2.09. The molecule has 1 heterocycles. The van der Waals surface area contributed by atoms with Crippen LogP contribution in [-0.2, 0) is 24.3 Å².